The Kier molecular flexibility index (Phi) is 7.47. The van der Waals surface area contributed by atoms with Gasteiger partial charge in [-0.15, -0.1) is 11.3 Å². The molecule has 14 rings (SSSR count). The summed E-state index contributed by atoms with van der Waals surface area (Å²) < 4.78 is 2.68. The molecule has 1 aromatic heterocycles. The third kappa shape index (κ3) is 4.50. The van der Waals surface area contributed by atoms with E-state index in [-0.39, 0.29) is 28.6 Å². The summed E-state index contributed by atoms with van der Waals surface area (Å²) in [5.41, 5.74) is 20.9. The van der Waals surface area contributed by atoms with E-state index in [1.807, 2.05) is 11.3 Å². The molecule has 0 bridgehead atoms. The van der Waals surface area contributed by atoms with Gasteiger partial charge in [0.05, 0.1) is 16.8 Å². The van der Waals surface area contributed by atoms with Crippen LogP contribution in [0.5, 0.6) is 0 Å². The van der Waals surface area contributed by atoms with E-state index in [0.717, 1.165) is 6.42 Å². The molecular formula is C59H54BN3S. The highest BCUT2D eigenvalue weighted by Crippen LogP contribution is 2.64. The van der Waals surface area contributed by atoms with Crippen molar-refractivity contribution in [2.75, 3.05) is 14.7 Å². The Morgan fingerprint density at radius 2 is 1.20 bits per heavy atom. The topological polar surface area (TPSA) is 9.72 Å². The van der Waals surface area contributed by atoms with Gasteiger partial charge in [-0.2, -0.15) is 0 Å². The molecule has 4 aliphatic heterocycles. The Balaban J connectivity index is 1.06. The summed E-state index contributed by atoms with van der Waals surface area (Å²) in [5, 5.41) is 2.69. The number of hydrogen-bond donors (Lipinski definition) is 0. The van der Waals surface area contributed by atoms with Gasteiger partial charge in [0.1, 0.15) is 0 Å². The number of nitrogens with zero attached hydrogens (tertiary/aromatic N) is 3. The zero-order chi connectivity index (χ0) is 42.9. The molecule has 0 N–H and O–H groups in total. The second-order valence-corrected chi connectivity index (χ2v) is 22.2. The zero-order valence-electron chi connectivity index (χ0n) is 37.8. The smallest absolute Gasteiger partial charge is 0.252 e. The van der Waals surface area contributed by atoms with Gasteiger partial charge in [-0.1, -0.05) is 124 Å². The number of rotatable bonds is 3. The van der Waals surface area contributed by atoms with Crippen LogP contribution in [0.2, 0.25) is 0 Å². The lowest BCUT2D eigenvalue weighted by atomic mass is 9.33. The summed E-state index contributed by atoms with van der Waals surface area (Å²) in [6.45, 7) is 12.8. The maximum atomic E-state index is 2.87. The fourth-order valence-corrected chi connectivity index (χ4v) is 15.8. The van der Waals surface area contributed by atoms with Crippen molar-refractivity contribution in [3.8, 4) is 11.1 Å². The van der Waals surface area contributed by atoms with Gasteiger partial charge >= 0.3 is 0 Å². The number of aryl methyl sites for hydroxylation is 1. The Labute approximate surface area is 382 Å². The third-order valence-corrected chi connectivity index (χ3v) is 19.3. The highest BCUT2D eigenvalue weighted by atomic mass is 32.1. The van der Waals surface area contributed by atoms with Gasteiger partial charge in [0.15, 0.2) is 0 Å². The molecule has 0 amide bonds. The van der Waals surface area contributed by atoms with Crippen LogP contribution in [0.4, 0.5) is 39.8 Å². The van der Waals surface area contributed by atoms with Crippen molar-refractivity contribution >= 4 is 94.4 Å². The van der Waals surface area contributed by atoms with E-state index in [4.69, 9.17) is 0 Å². The minimum Gasteiger partial charge on any atom is -0.335 e. The molecule has 4 atom stereocenters. The molecule has 2 saturated carbocycles. The molecule has 5 heteroatoms. The van der Waals surface area contributed by atoms with Crippen LogP contribution in [0.15, 0.2) is 140 Å². The molecule has 0 radical (unpaired) electrons. The lowest BCUT2D eigenvalue weighted by Crippen LogP contribution is -2.64. The lowest BCUT2D eigenvalue weighted by Gasteiger charge is -2.53. The van der Waals surface area contributed by atoms with Gasteiger partial charge in [0.2, 0.25) is 0 Å². The second-order valence-electron chi connectivity index (χ2n) is 21.1. The predicted molar refractivity (Wildman–Crippen MR) is 274 cm³/mol. The molecule has 8 aromatic rings. The summed E-state index contributed by atoms with van der Waals surface area (Å²) in [7, 11) is 0. The number of hydrogen-bond acceptors (Lipinski definition) is 4. The van der Waals surface area contributed by atoms with Gasteiger partial charge in [0, 0.05) is 65.1 Å². The monoisotopic (exact) mass is 847 g/mol. The quantitative estimate of drug-likeness (QED) is 0.164. The maximum absolute atomic E-state index is 2.87. The highest BCUT2D eigenvalue weighted by Gasteiger charge is 2.62. The van der Waals surface area contributed by atoms with Crippen LogP contribution in [0.25, 0.3) is 31.3 Å². The molecule has 6 aliphatic rings. The average Bonchev–Trinajstić information content (AvgIpc) is 3.87. The standard InChI is InChI=1S/C59H54BN3S/c1-37-33-49-54-50(34-37)63-55-42(56(2)29-11-14-32-59(56,63)5)20-15-21-45(55)60(54)44-27-26-40(36-48(44)61(49)47-22-16-24-52-53(47)41-19-9-10-23-51(41)64-52)62-46-28-25-39(38-17-7-6-8-18-38)35-43(46)57(3)30-12-13-31-58(57,62)4/h6-10,15-28,33-36H,11-14,29-32H2,1-5H3. The molecule has 2 fully saturated rings. The van der Waals surface area contributed by atoms with Gasteiger partial charge < -0.3 is 14.7 Å². The van der Waals surface area contributed by atoms with Gasteiger partial charge in [-0.25, -0.2) is 0 Å². The van der Waals surface area contributed by atoms with Gasteiger partial charge in [-0.05, 0) is 145 Å². The first-order chi connectivity index (χ1) is 31.1. The maximum Gasteiger partial charge on any atom is 0.252 e. The number of thiophene rings is 1. The molecule has 314 valence electrons. The first-order valence-electron chi connectivity index (χ1n) is 24.1. The van der Waals surface area contributed by atoms with Crippen LogP contribution < -0.4 is 31.1 Å². The molecule has 3 nitrogen and oxygen atoms in total. The fourth-order valence-electron chi connectivity index (χ4n) is 14.7. The molecule has 64 heavy (non-hydrogen) atoms. The summed E-state index contributed by atoms with van der Waals surface area (Å²) in [6, 6.07) is 54.6. The molecular weight excluding hydrogens is 794 g/mol. The Morgan fingerprint density at radius 3 is 2.03 bits per heavy atom. The van der Waals surface area contributed by atoms with Crippen molar-refractivity contribution < 1.29 is 0 Å². The van der Waals surface area contributed by atoms with Crippen molar-refractivity contribution in [3.05, 3.63) is 156 Å². The lowest BCUT2D eigenvalue weighted by molar-refractivity contribution is 0.195. The van der Waals surface area contributed by atoms with E-state index in [1.54, 1.807) is 5.56 Å². The van der Waals surface area contributed by atoms with E-state index in [9.17, 15) is 0 Å². The van der Waals surface area contributed by atoms with Crippen molar-refractivity contribution in [1.29, 1.82) is 0 Å². The van der Waals surface area contributed by atoms with E-state index >= 15 is 0 Å². The number of benzene rings is 7. The van der Waals surface area contributed by atoms with Crippen LogP contribution in [-0.4, -0.2) is 17.8 Å². The normalized spacial score (nSPS) is 25.8. The van der Waals surface area contributed by atoms with Crippen LogP contribution in [0, 0.1) is 6.92 Å². The van der Waals surface area contributed by atoms with Gasteiger partial charge in [-0.3, -0.25) is 0 Å². The zero-order valence-corrected chi connectivity index (χ0v) is 38.6. The van der Waals surface area contributed by atoms with Crippen LogP contribution >= 0.6 is 11.3 Å². The Bertz CT molecular complexity index is 3320. The molecule has 4 unspecified atom stereocenters. The van der Waals surface area contributed by atoms with Gasteiger partial charge in [0.25, 0.3) is 6.71 Å². The molecule has 5 heterocycles. The minimum absolute atomic E-state index is 0.000367. The molecule has 2 aliphatic carbocycles. The predicted octanol–water partition coefficient (Wildman–Crippen LogP) is 14.1. The van der Waals surface area contributed by atoms with E-state index in [0.29, 0.717) is 0 Å². The third-order valence-electron chi connectivity index (χ3n) is 18.2. The second kappa shape index (κ2) is 12.7. The van der Waals surface area contributed by atoms with E-state index in [1.165, 1.54) is 144 Å². The highest BCUT2D eigenvalue weighted by molar-refractivity contribution is 7.26. The van der Waals surface area contributed by atoms with Crippen LogP contribution in [-0.2, 0) is 10.8 Å². The Morgan fingerprint density at radius 1 is 0.500 bits per heavy atom. The van der Waals surface area contributed by atoms with Crippen molar-refractivity contribution in [1.82, 2.24) is 0 Å². The molecule has 0 spiro atoms. The van der Waals surface area contributed by atoms with E-state index in [2.05, 4.69) is 189 Å². The van der Waals surface area contributed by atoms with Crippen molar-refractivity contribution in [2.45, 2.75) is 108 Å². The average molecular weight is 848 g/mol. The molecule has 7 aromatic carbocycles. The summed E-state index contributed by atoms with van der Waals surface area (Å²) in [4.78, 5) is 8.38. The summed E-state index contributed by atoms with van der Waals surface area (Å²) >= 11 is 1.92. The fraction of sp³-hybridized carbons (Fsp3) is 0.288. The number of anilines is 7. The Hall–Kier alpha value is -5.78. The van der Waals surface area contributed by atoms with Crippen molar-refractivity contribution in [2.24, 2.45) is 0 Å². The van der Waals surface area contributed by atoms with Crippen LogP contribution in [0.1, 0.15) is 95.8 Å². The minimum atomic E-state index is -0.0748. The van der Waals surface area contributed by atoms with Crippen LogP contribution in [0.3, 0.4) is 0 Å². The number of para-hydroxylation sites is 1. The first-order valence-corrected chi connectivity index (χ1v) is 24.9. The SMILES string of the molecule is Cc1cc2c3c(c1)N1c4c(cccc4C4(C)CCCCC14C)B3c1ccc(N3c4ccc(-c5ccccc5)cc4C4(C)CCCCC34C)cc1N2c1cccc2sc3ccccc3c12. The number of fused-ring (bicyclic) bond motifs is 13. The summed E-state index contributed by atoms with van der Waals surface area (Å²) in [5.74, 6) is 0. The van der Waals surface area contributed by atoms with E-state index < -0.39 is 0 Å². The van der Waals surface area contributed by atoms with Crippen molar-refractivity contribution in [3.63, 3.8) is 0 Å². The largest absolute Gasteiger partial charge is 0.335 e. The first kappa shape index (κ1) is 37.6. The summed E-state index contributed by atoms with van der Waals surface area (Å²) in [6.07, 6.45) is 9.88. The molecule has 0 saturated heterocycles.